The summed E-state index contributed by atoms with van der Waals surface area (Å²) in [4.78, 5) is 14.0. The zero-order chi connectivity index (χ0) is 13.8. The molecule has 1 saturated carbocycles. The summed E-state index contributed by atoms with van der Waals surface area (Å²) in [5, 5.41) is 8.96. The van der Waals surface area contributed by atoms with Gasteiger partial charge in [-0.25, -0.2) is 4.39 Å². The van der Waals surface area contributed by atoms with Crippen LogP contribution >= 0.6 is 11.6 Å². The molecule has 0 saturated heterocycles. The summed E-state index contributed by atoms with van der Waals surface area (Å²) in [6.07, 6.45) is 3.95. The number of nitrogens with zero attached hydrogens (tertiary/aromatic N) is 2. The van der Waals surface area contributed by atoms with E-state index in [0.717, 1.165) is 31.7 Å². The van der Waals surface area contributed by atoms with Crippen LogP contribution in [0.4, 0.5) is 4.39 Å². The molecule has 0 unspecified atom stereocenters. The molecule has 0 radical (unpaired) electrons. The first-order valence-electron chi connectivity index (χ1n) is 6.26. The van der Waals surface area contributed by atoms with Gasteiger partial charge in [-0.15, -0.1) is 0 Å². The molecule has 0 aromatic heterocycles. The SMILES string of the molecule is N#CCN(C(=O)c1ccc(F)cc1Cl)C1CCCC1. The summed E-state index contributed by atoms with van der Waals surface area (Å²) in [6.45, 7) is 0.0389. The summed E-state index contributed by atoms with van der Waals surface area (Å²) in [6, 6.07) is 5.81. The molecule has 1 aromatic carbocycles. The van der Waals surface area contributed by atoms with Crippen LogP contribution in [0, 0.1) is 17.1 Å². The van der Waals surface area contributed by atoms with E-state index in [1.54, 1.807) is 4.90 Å². The molecule has 0 spiro atoms. The van der Waals surface area contributed by atoms with E-state index in [1.807, 2.05) is 6.07 Å². The van der Waals surface area contributed by atoms with Crippen LogP contribution in [0.5, 0.6) is 0 Å². The maximum absolute atomic E-state index is 13.0. The van der Waals surface area contributed by atoms with Crippen LogP contribution in [0.2, 0.25) is 5.02 Å². The fraction of sp³-hybridized carbons (Fsp3) is 0.429. The Morgan fingerprint density at radius 3 is 2.74 bits per heavy atom. The normalized spacial score (nSPS) is 15.2. The van der Waals surface area contributed by atoms with Gasteiger partial charge in [-0.05, 0) is 31.0 Å². The average molecular weight is 281 g/mol. The first-order valence-corrected chi connectivity index (χ1v) is 6.64. The highest BCUT2D eigenvalue weighted by molar-refractivity contribution is 6.33. The molecule has 19 heavy (non-hydrogen) atoms. The lowest BCUT2D eigenvalue weighted by atomic mass is 10.1. The monoisotopic (exact) mass is 280 g/mol. The summed E-state index contributed by atoms with van der Waals surface area (Å²) in [5.74, 6) is -0.771. The highest BCUT2D eigenvalue weighted by Crippen LogP contribution is 2.26. The van der Waals surface area contributed by atoms with Crippen molar-refractivity contribution in [1.29, 1.82) is 5.26 Å². The van der Waals surface area contributed by atoms with Gasteiger partial charge in [0.2, 0.25) is 0 Å². The third-order valence-corrected chi connectivity index (χ3v) is 3.74. The second-order valence-corrected chi connectivity index (χ2v) is 5.06. The smallest absolute Gasteiger partial charge is 0.256 e. The van der Waals surface area contributed by atoms with Gasteiger partial charge in [-0.1, -0.05) is 24.4 Å². The first kappa shape index (κ1) is 13.8. The highest BCUT2D eigenvalue weighted by atomic mass is 35.5. The van der Waals surface area contributed by atoms with Crippen molar-refractivity contribution >= 4 is 17.5 Å². The van der Waals surface area contributed by atoms with Crippen LogP contribution in [0.3, 0.4) is 0 Å². The Bertz CT molecular complexity index is 521. The van der Waals surface area contributed by atoms with Gasteiger partial charge in [0.25, 0.3) is 5.91 Å². The quantitative estimate of drug-likeness (QED) is 0.797. The Morgan fingerprint density at radius 2 is 2.16 bits per heavy atom. The van der Waals surface area contributed by atoms with Crippen LogP contribution in [-0.4, -0.2) is 23.4 Å². The highest BCUT2D eigenvalue weighted by Gasteiger charge is 2.28. The molecule has 3 nitrogen and oxygen atoms in total. The van der Waals surface area contributed by atoms with E-state index in [9.17, 15) is 9.18 Å². The summed E-state index contributed by atoms with van der Waals surface area (Å²) in [7, 11) is 0. The lowest BCUT2D eigenvalue weighted by molar-refractivity contribution is 0.0709. The van der Waals surface area contributed by atoms with Gasteiger partial charge in [0, 0.05) is 6.04 Å². The largest absolute Gasteiger partial charge is 0.322 e. The molecule has 1 fully saturated rings. The lowest BCUT2D eigenvalue weighted by Gasteiger charge is -2.26. The van der Waals surface area contributed by atoms with Crippen molar-refractivity contribution in [2.24, 2.45) is 0 Å². The van der Waals surface area contributed by atoms with Crippen LogP contribution in [0.1, 0.15) is 36.0 Å². The third kappa shape index (κ3) is 3.05. The van der Waals surface area contributed by atoms with Gasteiger partial charge in [-0.2, -0.15) is 5.26 Å². The zero-order valence-electron chi connectivity index (χ0n) is 10.4. The standard InChI is InChI=1S/C14H14ClFN2O/c15-13-9-10(16)5-6-12(13)14(19)18(8-7-17)11-3-1-2-4-11/h5-6,9,11H,1-4,8H2. The Balaban J connectivity index is 2.25. The van der Waals surface area contributed by atoms with Crippen molar-refractivity contribution in [3.05, 3.63) is 34.6 Å². The number of carbonyl (C=O) groups is 1. The van der Waals surface area contributed by atoms with Crippen molar-refractivity contribution < 1.29 is 9.18 Å². The van der Waals surface area contributed by atoms with Crippen molar-refractivity contribution in [1.82, 2.24) is 4.90 Å². The average Bonchev–Trinajstić information content (AvgIpc) is 2.89. The molecule has 0 heterocycles. The Kier molecular flexibility index (Phi) is 4.39. The second kappa shape index (κ2) is 6.03. The van der Waals surface area contributed by atoms with E-state index < -0.39 is 5.82 Å². The van der Waals surface area contributed by atoms with E-state index in [4.69, 9.17) is 16.9 Å². The second-order valence-electron chi connectivity index (χ2n) is 4.65. The lowest BCUT2D eigenvalue weighted by Crippen LogP contribution is -2.39. The number of halogens is 2. The summed E-state index contributed by atoms with van der Waals surface area (Å²) < 4.78 is 13.0. The fourth-order valence-electron chi connectivity index (χ4n) is 2.48. The van der Waals surface area contributed by atoms with Crippen molar-refractivity contribution in [3.63, 3.8) is 0 Å². The van der Waals surface area contributed by atoms with E-state index in [0.29, 0.717) is 0 Å². The van der Waals surface area contributed by atoms with Gasteiger partial charge in [-0.3, -0.25) is 4.79 Å². The van der Waals surface area contributed by atoms with Gasteiger partial charge in [0.1, 0.15) is 12.4 Å². The number of amides is 1. The maximum Gasteiger partial charge on any atom is 0.256 e. The minimum Gasteiger partial charge on any atom is -0.322 e. The Morgan fingerprint density at radius 1 is 1.47 bits per heavy atom. The molecule has 2 rings (SSSR count). The number of hydrogen-bond donors (Lipinski definition) is 0. The van der Waals surface area contributed by atoms with Gasteiger partial charge in [0.05, 0.1) is 16.7 Å². The molecule has 0 N–H and O–H groups in total. The molecule has 0 atom stereocenters. The molecule has 1 aliphatic rings. The topological polar surface area (TPSA) is 44.1 Å². The predicted molar refractivity (Wildman–Crippen MR) is 70.3 cm³/mol. The molecule has 0 bridgehead atoms. The fourth-order valence-corrected chi connectivity index (χ4v) is 2.72. The predicted octanol–water partition coefficient (Wildman–Crippen LogP) is 3.39. The molecule has 1 amide bonds. The molecular weight excluding hydrogens is 267 g/mol. The van der Waals surface area contributed by atoms with Crippen LogP contribution in [0.15, 0.2) is 18.2 Å². The van der Waals surface area contributed by atoms with Crippen LogP contribution < -0.4 is 0 Å². The summed E-state index contributed by atoms with van der Waals surface area (Å²) >= 11 is 5.90. The third-order valence-electron chi connectivity index (χ3n) is 3.43. The Hall–Kier alpha value is -1.60. The van der Waals surface area contributed by atoms with E-state index in [2.05, 4.69) is 0 Å². The van der Waals surface area contributed by atoms with Crippen molar-refractivity contribution in [3.8, 4) is 6.07 Å². The van der Waals surface area contributed by atoms with Gasteiger partial charge >= 0.3 is 0 Å². The van der Waals surface area contributed by atoms with Crippen molar-refractivity contribution in [2.75, 3.05) is 6.54 Å². The zero-order valence-corrected chi connectivity index (χ0v) is 11.2. The first-order chi connectivity index (χ1) is 9.13. The molecule has 100 valence electrons. The van der Waals surface area contributed by atoms with Gasteiger partial charge < -0.3 is 4.90 Å². The Labute approximate surface area is 116 Å². The summed E-state index contributed by atoms with van der Waals surface area (Å²) in [5.41, 5.74) is 0.255. The number of benzene rings is 1. The maximum atomic E-state index is 13.0. The van der Waals surface area contributed by atoms with Crippen LogP contribution in [0.25, 0.3) is 0 Å². The molecular formula is C14H14ClFN2O. The van der Waals surface area contributed by atoms with E-state index >= 15 is 0 Å². The van der Waals surface area contributed by atoms with Crippen LogP contribution in [-0.2, 0) is 0 Å². The molecule has 0 aliphatic heterocycles. The number of hydrogen-bond acceptors (Lipinski definition) is 2. The molecule has 1 aliphatic carbocycles. The number of rotatable bonds is 3. The van der Waals surface area contributed by atoms with Crippen molar-refractivity contribution in [2.45, 2.75) is 31.7 Å². The molecule has 5 heteroatoms. The van der Waals surface area contributed by atoms with E-state index in [1.165, 1.54) is 12.1 Å². The molecule has 1 aromatic rings. The number of carbonyl (C=O) groups excluding carboxylic acids is 1. The van der Waals surface area contributed by atoms with Gasteiger partial charge in [0.15, 0.2) is 0 Å². The number of nitriles is 1. The minimum absolute atomic E-state index is 0.0389. The minimum atomic E-state index is -0.478. The van der Waals surface area contributed by atoms with E-state index in [-0.39, 0.29) is 29.1 Å².